The number of methoxy groups -OCH3 is 2. The van der Waals surface area contributed by atoms with Gasteiger partial charge in [-0.15, -0.1) is 0 Å². The number of rotatable bonds is 6. The lowest BCUT2D eigenvalue weighted by atomic mass is 10.2. The van der Waals surface area contributed by atoms with Crippen LogP contribution >= 0.6 is 0 Å². The van der Waals surface area contributed by atoms with Crippen LogP contribution < -0.4 is 14.2 Å². The van der Waals surface area contributed by atoms with E-state index in [1.54, 1.807) is 18.2 Å². The van der Waals surface area contributed by atoms with Crippen LogP contribution in [0, 0.1) is 0 Å². The van der Waals surface area contributed by atoms with Crippen molar-refractivity contribution in [2.24, 2.45) is 0 Å². The number of carbonyl (C=O) groups excluding carboxylic acids is 1. The molecule has 0 heterocycles. The maximum atomic E-state index is 12.4. The molecule has 0 aliphatic carbocycles. The average Bonchev–Trinajstić information content (AvgIpc) is 2.61. The summed E-state index contributed by atoms with van der Waals surface area (Å²) in [6.07, 6.45) is 0. The highest BCUT2D eigenvalue weighted by atomic mass is 32.2. The summed E-state index contributed by atoms with van der Waals surface area (Å²) in [6.45, 7) is 0. The lowest BCUT2D eigenvalue weighted by Gasteiger charge is -2.13. The predicted octanol–water partition coefficient (Wildman–Crippen LogP) is 2.17. The number of nitrogens with zero attached hydrogens (tertiary/aromatic N) is 1. The van der Waals surface area contributed by atoms with Gasteiger partial charge in [0.15, 0.2) is 11.5 Å². The Labute approximate surface area is 146 Å². The third kappa shape index (κ3) is 3.92. The average molecular weight is 365 g/mol. The van der Waals surface area contributed by atoms with Gasteiger partial charge in [0.2, 0.25) is 15.8 Å². The van der Waals surface area contributed by atoms with Crippen molar-refractivity contribution in [1.29, 1.82) is 0 Å². The Kier molecular flexibility index (Phi) is 5.66. The lowest BCUT2D eigenvalue weighted by Crippen LogP contribution is -2.22. The van der Waals surface area contributed by atoms with Crippen molar-refractivity contribution in [3.63, 3.8) is 0 Å². The molecule has 2 aromatic rings. The zero-order chi connectivity index (χ0) is 18.6. The SMILES string of the molecule is COc1cccc(OC)c1OC(=O)c1ccc(S(=O)(=O)N(C)C)cc1. The van der Waals surface area contributed by atoms with Gasteiger partial charge in [0.1, 0.15) is 0 Å². The van der Waals surface area contributed by atoms with Crippen LogP contribution in [0.25, 0.3) is 0 Å². The lowest BCUT2D eigenvalue weighted by molar-refractivity contribution is 0.0724. The highest BCUT2D eigenvalue weighted by Crippen LogP contribution is 2.37. The smallest absolute Gasteiger partial charge is 0.343 e. The molecule has 0 radical (unpaired) electrons. The van der Waals surface area contributed by atoms with E-state index in [4.69, 9.17) is 14.2 Å². The maximum absolute atomic E-state index is 12.4. The molecule has 134 valence electrons. The van der Waals surface area contributed by atoms with Gasteiger partial charge < -0.3 is 14.2 Å². The summed E-state index contributed by atoms with van der Waals surface area (Å²) in [7, 11) is 2.22. The number of esters is 1. The standard InChI is InChI=1S/C17H19NO6S/c1-18(2)25(20,21)13-10-8-12(9-11-13)17(19)24-16-14(22-3)6-5-7-15(16)23-4/h5-11H,1-4H3. The monoisotopic (exact) mass is 365 g/mol. The first kappa shape index (κ1) is 18.8. The fourth-order valence-corrected chi connectivity index (χ4v) is 2.94. The van der Waals surface area contributed by atoms with Crippen molar-refractivity contribution < 1.29 is 27.4 Å². The molecule has 2 rings (SSSR count). The zero-order valence-corrected chi connectivity index (χ0v) is 15.2. The molecular weight excluding hydrogens is 346 g/mol. The van der Waals surface area contributed by atoms with Crippen LogP contribution in [0.3, 0.4) is 0 Å². The number of benzene rings is 2. The Morgan fingerprint density at radius 3 is 1.88 bits per heavy atom. The van der Waals surface area contributed by atoms with Crippen molar-refractivity contribution in [2.75, 3.05) is 28.3 Å². The number of carbonyl (C=O) groups is 1. The Balaban J connectivity index is 2.29. The molecule has 0 spiro atoms. The van der Waals surface area contributed by atoms with Crippen LogP contribution in [0.5, 0.6) is 17.2 Å². The molecule has 8 heteroatoms. The van der Waals surface area contributed by atoms with Gasteiger partial charge in [-0.2, -0.15) is 0 Å². The first-order valence-corrected chi connectivity index (χ1v) is 8.71. The van der Waals surface area contributed by atoms with Crippen LogP contribution in [-0.2, 0) is 10.0 Å². The molecule has 0 atom stereocenters. The molecular formula is C17H19NO6S. The van der Waals surface area contributed by atoms with Crippen molar-refractivity contribution in [1.82, 2.24) is 4.31 Å². The summed E-state index contributed by atoms with van der Waals surface area (Å²) in [5.41, 5.74) is 0.200. The Morgan fingerprint density at radius 1 is 0.920 bits per heavy atom. The summed E-state index contributed by atoms with van der Waals surface area (Å²) >= 11 is 0. The number of para-hydroxylation sites is 1. The molecule has 0 fully saturated rings. The molecule has 0 saturated heterocycles. The summed E-state index contributed by atoms with van der Waals surface area (Å²) < 4.78 is 40.9. The molecule has 0 N–H and O–H groups in total. The van der Waals surface area contributed by atoms with Gasteiger partial charge in [0, 0.05) is 14.1 Å². The summed E-state index contributed by atoms with van der Waals surface area (Å²) in [6, 6.07) is 10.5. The van der Waals surface area contributed by atoms with E-state index in [2.05, 4.69) is 0 Å². The topological polar surface area (TPSA) is 82.1 Å². The molecule has 0 bridgehead atoms. The first-order chi connectivity index (χ1) is 11.8. The van der Waals surface area contributed by atoms with Crippen LogP contribution in [-0.4, -0.2) is 47.0 Å². The van der Waals surface area contributed by atoms with Gasteiger partial charge in [0.05, 0.1) is 24.7 Å². The first-order valence-electron chi connectivity index (χ1n) is 7.27. The predicted molar refractivity (Wildman–Crippen MR) is 91.8 cm³/mol. The molecule has 0 aliphatic heterocycles. The van der Waals surface area contributed by atoms with Gasteiger partial charge in [-0.1, -0.05) is 6.07 Å². The van der Waals surface area contributed by atoms with E-state index < -0.39 is 16.0 Å². The van der Waals surface area contributed by atoms with E-state index in [0.29, 0.717) is 11.5 Å². The van der Waals surface area contributed by atoms with Crippen LogP contribution in [0.4, 0.5) is 0 Å². The Hall–Kier alpha value is -2.58. The van der Waals surface area contributed by atoms with Gasteiger partial charge in [-0.3, -0.25) is 0 Å². The van der Waals surface area contributed by atoms with Crippen LogP contribution in [0.1, 0.15) is 10.4 Å². The summed E-state index contributed by atoms with van der Waals surface area (Å²) in [5.74, 6) is 0.193. The second-order valence-corrected chi connectivity index (χ2v) is 7.34. The van der Waals surface area contributed by atoms with Crippen molar-refractivity contribution in [3.8, 4) is 17.2 Å². The highest BCUT2D eigenvalue weighted by Gasteiger charge is 2.20. The molecule has 0 aliphatic rings. The maximum Gasteiger partial charge on any atom is 0.343 e. The molecule has 0 saturated carbocycles. The molecule has 0 amide bonds. The quantitative estimate of drug-likeness (QED) is 0.576. The van der Waals surface area contributed by atoms with E-state index >= 15 is 0 Å². The van der Waals surface area contributed by atoms with Gasteiger partial charge in [-0.05, 0) is 36.4 Å². The van der Waals surface area contributed by atoms with E-state index in [1.807, 2.05) is 0 Å². The second-order valence-electron chi connectivity index (χ2n) is 5.19. The molecule has 25 heavy (non-hydrogen) atoms. The van der Waals surface area contributed by atoms with Crippen LogP contribution in [0.15, 0.2) is 47.4 Å². The number of hydrogen-bond donors (Lipinski definition) is 0. The van der Waals surface area contributed by atoms with E-state index in [1.165, 1.54) is 52.6 Å². The second kappa shape index (κ2) is 7.54. The highest BCUT2D eigenvalue weighted by molar-refractivity contribution is 7.89. The van der Waals surface area contributed by atoms with E-state index in [-0.39, 0.29) is 16.2 Å². The fourth-order valence-electron chi connectivity index (χ4n) is 2.04. The van der Waals surface area contributed by atoms with Gasteiger partial charge >= 0.3 is 5.97 Å². The van der Waals surface area contributed by atoms with Crippen molar-refractivity contribution in [3.05, 3.63) is 48.0 Å². The number of sulfonamides is 1. The summed E-state index contributed by atoms with van der Waals surface area (Å²) in [5, 5.41) is 0. The minimum absolute atomic E-state index is 0.0870. The largest absolute Gasteiger partial charge is 0.493 e. The van der Waals surface area contributed by atoms with Crippen LogP contribution in [0.2, 0.25) is 0 Å². The molecule has 2 aromatic carbocycles. The normalized spacial score (nSPS) is 11.2. The minimum Gasteiger partial charge on any atom is -0.493 e. The van der Waals surface area contributed by atoms with Gasteiger partial charge in [0.25, 0.3) is 0 Å². The minimum atomic E-state index is -3.56. The van der Waals surface area contributed by atoms with E-state index in [0.717, 1.165) is 4.31 Å². The Bertz CT molecular complexity index is 837. The third-order valence-electron chi connectivity index (χ3n) is 3.45. The van der Waals surface area contributed by atoms with Gasteiger partial charge in [-0.25, -0.2) is 17.5 Å². The molecule has 0 unspecified atom stereocenters. The Morgan fingerprint density at radius 2 is 1.44 bits per heavy atom. The molecule has 7 nitrogen and oxygen atoms in total. The van der Waals surface area contributed by atoms with Crippen molar-refractivity contribution in [2.45, 2.75) is 4.90 Å². The number of ether oxygens (including phenoxy) is 3. The van der Waals surface area contributed by atoms with Crippen molar-refractivity contribution >= 4 is 16.0 Å². The number of hydrogen-bond acceptors (Lipinski definition) is 6. The zero-order valence-electron chi connectivity index (χ0n) is 14.3. The fraction of sp³-hybridized carbons (Fsp3) is 0.235. The van der Waals surface area contributed by atoms with E-state index in [9.17, 15) is 13.2 Å². The molecule has 0 aromatic heterocycles. The third-order valence-corrected chi connectivity index (χ3v) is 5.28. The summed E-state index contributed by atoms with van der Waals surface area (Å²) in [4.78, 5) is 12.4.